The van der Waals surface area contributed by atoms with E-state index in [0.29, 0.717) is 11.8 Å². The first-order valence-corrected chi connectivity index (χ1v) is 21.0. The summed E-state index contributed by atoms with van der Waals surface area (Å²) in [7, 11) is 0. The van der Waals surface area contributed by atoms with Crippen molar-refractivity contribution in [2.45, 2.75) is 186 Å². The highest BCUT2D eigenvalue weighted by molar-refractivity contribution is 6.43. The van der Waals surface area contributed by atoms with E-state index >= 15 is 0 Å². The second-order valence-electron chi connectivity index (χ2n) is 16.0. The monoisotopic (exact) mass is 640 g/mol. The summed E-state index contributed by atoms with van der Waals surface area (Å²) in [6, 6.07) is 0.723. The van der Waals surface area contributed by atoms with Crippen molar-refractivity contribution in [3.63, 3.8) is 0 Å². The molecule has 0 heterocycles. The Hall–Kier alpha value is -0.780. The van der Waals surface area contributed by atoms with Crippen molar-refractivity contribution in [1.29, 1.82) is 0 Å². The van der Waals surface area contributed by atoms with E-state index in [2.05, 4.69) is 5.32 Å². The van der Waals surface area contributed by atoms with E-state index in [0.717, 1.165) is 62.8 Å². The van der Waals surface area contributed by atoms with Crippen LogP contribution in [0.4, 0.5) is 0 Å². The zero-order valence-electron chi connectivity index (χ0n) is 30.3. The number of rotatable bonds is 21. The predicted molar refractivity (Wildman–Crippen MR) is 201 cm³/mol. The molecule has 5 N–H and O–H groups in total. The highest BCUT2D eigenvalue weighted by Gasteiger charge is 2.35. The molecule has 5 nitrogen and oxygen atoms in total. The van der Waals surface area contributed by atoms with Gasteiger partial charge in [0.05, 0.1) is 11.4 Å². The van der Waals surface area contributed by atoms with Crippen molar-refractivity contribution in [2.75, 3.05) is 32.7 Å². The van der Waals surface area contributed by atoms with Crippen LogP contribution in [0.5, 0.6) is 0 Å². The number of nitrogens with zero attached hydrogens (tertiary/aromatic N) is 2. The molecule has 0 radical (unpaired) electrons. The van der Waals surface area contributed by atoms with Gasteiger partial charge in [0.1, 0.15) is 0 Å². The molecule has 4 fully saturated rings. The first-order valence-electron chi connectivity index (χ1n) is 21.0. The minimum absolute atomic E-state index is 0.645. The van der Waals surface area contributed by atoms with Gasteiger partial charge in [0, 0.05) is 31.0 Å². The molecule has 4 saturated carbocycles. The molecule has 5 heteroatoms. The Morgan fingerprint density at radius 3 is 1.48 bits per heavy atom. The maximum absolute atomic E-state index is 5.89. The van der Waals surface area contributed by atoms with Gasteiger partial charge in [-0.05, 0) is 114 Å². The SMILES string of the molecule is NCCCCCC(C1CCCCC1)C(NCCCCN=C(C(=NCCCCN)C1CCCCC1)C1CCCCC1)C1CCCCC1. The zero-order chi connectivity index (χ0) is 32.1. The van der Waals surface area contributed by atoms with Gasteiger partial charge in [-0.3, -0.25) is 9.98 Å². The first-order chi connectivity index (χ1) is 22.8. The minimum Gasteiger partial charge on any atom is -0.330 e. The molecule has 0 aromatic rings. The second-order valence-corrected chi connectivity index (χ2v) is 16.0. The van der Waals surface area contributed by atoms with Crippen LogP contribution in [-0.4, -0.2) is 50.2 Å². The lowest BCUT2D eigenvalue weighted by Gasteiger charge is -2.42. The highest BCUT2D eigenvalue weighted by atomic mass is 14.9. The Balaban J connectivity index is 1.39. The smallest absolute Gasteiger partial charge is 0.0592 e. The van der Waals surface area contributed by atoms with E-state index < -0.39 is 0 Å². The van der Waals surface area contributed by atoms with Gasteiger partial charge in [-0.2, -0.15) is 0 Å². The predicted octanol–water partition coefficient (Wildman–Crippen LogP) is 9.80. The molecule has 4 aliphatic rings. The standard InChI is InChI=1S/C41H77N5/c42-29-15-5-14-28-38(34-20-6-1-7-21-34)39(35-22-8-2-9-23-35)44-32-18-19-33-46-41(37-26-12-4-13-27-37)40(45-31-17-16-30-43)36-24-10-3-11-25-36/h34-39,44H,1-33,42-43H2. The van der Waals surface area contributed by atoms with Crippen LogP contribution in [0.3, 0.4) is 0 Å². The third kappa shape index (κ3) is 13.3. The number of hydrogen-bond donors (Lipinski definition) is 3. The van der Waals surface area contributed by atoms with Gasteiger partial charge in [0.15, 0.2) is 0 Å². The molecule has 0 bridgehead atoms. The molecule has 0 aliphatic heterocycles. The zero-order valence-corrected chi connectivity index (χ0v) is 30.3. The third-order valence-electron chi connectivity index (χ3n) is 12.5. The van der Waals surface area contributed by atoms with E-state index in [-0.39, 0.29) is 0 Å². The summed E-state index contributed by atoms with van der Waals surface area (Å²) < 4.78 is 0. The van der Waals surface area contributed by atoms with Crippen molar-refractivity contribution in [3.05, 3.63) is 0 Å². The van der Waals surface area contributed by atoms with Crippen LogP contribution in [0, 0.1) is 29.6 Å². The van der Waals surface area contributed by atoms with Crippen LogP contribution in [0.15, 0.2) is 9.98 Å². The first kappa shape index (κ1) is 38.0. The van der Waals surface area contributed by atoms with Crippen molar-refractivity contribution in [3.8, 4) is 0 Å². The van der Waals surface area contributed by atoms with Crippen LogP contribution in [-0.2, 0) is 0 Å². The Bertz CT molecular complexity index is 815. The van der Waals surface area contributed by atoms with E-state index in [9.17, 15) is 0 Å². The topological polar surface area (TPSA) is 88.8 Å². The van der Waals surface area contributed by atoms with E-state index in [1.165, 1.54) is 185 Å². The summed E-state index contributed by atoms with van der Waals surface area (Å²) in [5.74, 6) is 3.99. The van der Waals surface area contributed by atoms with E-state index in [1.807, 2.05) is 0 Å². The molecule has 2 unspecified atom stereocenters. The molecule has 4 rings (SSSR count). The summed E-state index contributed by atoms with van der Waals surface area (Å²) >= 11 is 0. The number of nitrogens with one attached hydrogen (secondary N) is 1. The van der Waals surface area contributed by atoms with E-state index in [4.69, 9.17) is 21.5 Å². The largest absolute Gasteiger partial charge is 0.330 e. The number of nitrogens with two attached hydrogens (primary N) is 2. The third-order valence-corrected chi connectivity index (χ3v) is 12.5. The van der Waals surface area contributed by atoms with Gasteiger partial charge >= 0.3 is 0 Å². The average molecular weight is 640 g/mol. The summed E-state index contributed by atoms with van der Waals surface area (Å²) in [5, 5.41) is 4.29. The van der Waals surface area contributed by atoms with E-state index in [1.54, 1.807) is 0 Å². The van der Waals surface area contributed by atoms with Gasteiger partial charge in [0.2, 0.25) is 0 Å². The Kier molecular flexibility index (Phi) is 19.5. The molecule has 4 aliphatic carbocycles. The van der Waals surface area contributed by atoms with Crippen LogP contribution in [0.1, 0.15) is 180 Å². The summed E-state index contributed by atoms with van der Waals surface area (Å²) in [4.78, 5) is 10.9. The average Bonchev–Trinajstić information content (AvgIpc) is 3.12. The van der Waals surface area contributed by atoms with Gasteiger partial charge in [-0.15, -0.1) is 0 Å². The van der Waals surface area contributed by atoms with Crippen molar-refractivity contribution in [1.82, 2.24) is 5.32 Å². The van der Waals surface area contributed by atoms with Gasteiger partial charge in [-0.1, -0.05) is 103 Å². The Morgan fingerprint density at radius 2 is 0.957 bits per heavy atom. The van der Waals surface area contributed by atoms with Gasteiger partial charge in [-0.25, -0.2) is 0 Å². The fourth-order valence-electron chi connectivity index (χ4n) is 9.88. The van der Waals surface area contributed by atoms with Crippen LogP contribution >= 0.6 is 0 Å². The molecular weight excluding hydrogens is 562 g/mol. The fraction of sp³-hybridized carbons (Fsp3) is 0.951. The van der Waals surface area contributed by atoms with Gasteiger partial charge in [0.25, 0.3) is 0 Å². The summed E-state index contributed by atoms with van der Waals surface area (Å²) in [6.45, 7) is 4.73. The maximum atomic E-state index is 5.89. The lowest BCUT2D eigenvalue weighted by Crippen LogP contribution is -2.46. The fourth-order valence-corrected chi connectivity index (χ4v) is 9.88. The van der Waals surface area contributed by atoms with Crippen molar-refractivity contribution in [2.24, 2.45) is 51.0 Å². The molecule has 0 saturated heterocycles. The van der Waals surface area contributed by atoms with Crippen LogP contribution in [0.25, 0.3) is 0 Å². The molecule has 0 amide bonds. The maximum Gasteiger partial charge on any atom is 0.0592 e. The Morgan fingerprint density at radius 1 is 0.500 bits per heavy atom. The molecule has 0 aromatic heterocycles. The van der Waals surface area contributed by atoms with Gasteiger partial charge < -0.3 is 16.8 Å². The van der Waals surface area contributed by atoms with Crippen molar-refractivity contribution < 1.29 is 0 Å². The minimum atomic E-state index is 0.645. The molecule has 0 spiro atoms. The molecule has 2 atom stereocenters. The second kappa shape index (κ2) is 23.6. The lowest BCUT2D eigenvalue weighted by atomic mass is 9.69. The molecule has 266 valence electrons. The van der Waals surface area contributed by atoms with Crippen LogP contribution < -0.4 is 16.8 Å². The lowest BCUT2D eigenvalue weighted by molar-refractivity contribution is 0.123. The number of unbranched alkanes of at least 4 members (excludes halogenated alkanes) is 4. The summed E-state index contributed by atoms with van der Waals surface area (Å²) in [6.07, 6.45) is 38.1. The quantitative estimate of drug-likeness (QED) is 0.0863. The highest BCUT2D eigenvalue weighted by Crippen LogP contribution is 2.40. The molecule has 46 heavy (non-hydrogen) atoms. The summed E-state index contributed by atoms with van der Waals surface area (Å²) in [5.41, 5.74) is 14.6. The number of aliphatic imine (C=N–C) groups is 2. The van der Waals surface area contributed by atoms with Crippen molar-refractivity contribution >= 4 is 11.4 Å². The number of hydrogen-bond acceptors (Lipinski definition) is 5. The Labute approximate surface area is 285 Å². The molecular formula is C41H77N5. The normalized spacial score (nSPS) is 23.5. The molecule has 0 aromatic carbocycles. The van der Waals surface area contributed by atoms with Crippen LogP contribution in [0.2, 0.25) is 0 Å².